The zero-order valence-electron chi connectivity index (χ0n) is 10.8. The third-order valence-electron chi connectivity index (χ3n) is 3.91. The first-order valence-electron chi connectivity index (χ1n) is 6.25. The lowest BCUT2D eigenvalue weighted by Gasteiger charge is -2.32. The second kappa shape index (κ2) is 4.61. The lowest BCUT2D eigenvalue weighted by atomic mass is 9.79. The molecule has 1 fully saturated rings. The molecule has 17 heavy (non-hydrogen) atoms. The minimum absolute atomic E-state index is 0.0284. The summed E-state index contributed by atoms with van der Waals surface area (Å²) in [6.45, 7) is 4.34. The monoisotopic (exact) mass is 235 g/mol. The topological polar surface area (TPSA) is 57.8 Å². The predicted octanol–water partition coefficient (Wildman–Crippen LogP) is 1.86. The second-order valence-corrected chi connectivity index (χ2v) is 5.56. The van der Waals surface area contributed by atoms with Gasteiger partial charge in [-0.3, -0.25) is 4.79 Å². The molecule has 0 bridgehead atoms. The first kappa shape index (κ1) is 12.3. The molecule has 1 aliphatic carbocycles. The van der Waals surface area contributed by atoms with Crippen molar-refractivity contribution >= 4 is 5.78 Å². The van der Waals surface area contributed by atoms with E-state index in [0.29, 0.717) is 5.78 Å². The van der Waals surface area contributed by atoms with Crippen LogP contribution in [-0.4, -0.2) is 28.8 Å². The average Bonchev–Trinajstić information content (AvgIpc) is 2.74. The highest BCUT2D eigenvalue weighted by Gasteiger charge is 2.40. The van der Waals surface area contributed by atoms with Crippen LogP contribution in [0.1, 0.15) is 44.7 Å². The predicted molar refractivity (Wildman–Crippen MR) is 66.8 cm³/mol. The molecule has 0 aromatic carbocycles. The van der Waals surface area contributed by atoms with Crippen LogP contribution >= 0.6 is 0 Å². The number of hydrogen-bond donors (Lipinski definition) is 2. The van der Waals surface area contributed by atoms with Crippen LogP contribution in [-0.2, 0) is 4.79 Å². The van der Waals surface area contributed by atoms with E-state index in [1.807, 2.05) is 7.05 Å². The van der Waals surface area contributed by atoms with Crippen molar-refractivity contribution in [2.45, 2.75) is 45.1 Å². The minimum Gasteiger partial charge on any atom is -0.348 e. The second-order valence-electron chi connectivity index (χ2n) is 5.56. The fourth-order valence-electron chi connectivity index (χ4n) is 2.93. The zero-order chi connectivity index (χ0) is 12.5. The summed E-state index contributed by atoms with van der Waals surface area (Å²) in [5.41, 5.74) is 0.980. The Bertz CT molecular complexity index is 383. The van der Waals surface area contributed by atoms with Crippen molar-refractivity contribution in [2.24, 2.45) is 5.41 Å². The van der Waals surface area contributed by atoms with Crippen molar-refractivity contribution in [2.75, 3.05) is 7.05 Å². The Kier molecular flexibility index (Phi) is 3.33. The molecule has 0 saturated heterocycles. The molecule has 94 valence electrons. The summed E-state index contributed by atoms with van der Waals surface area (Å²) in [4.78, 5) is 19.7. The van der Waals surface area contributed by atoms with E-state index in [0.717, 1.165) is 25.0 Å². The van der Waals surface area contributed by atoms with Gasteiger partial charge < -0.3 is 10.3 Å². The molecule has 1 aromatic rings. The van der Waals surface area contributed by atoms with Crippen molar-refractivity contribution in [3.05, 3.63) is 18.2 Å². The fraction of sp³-hybridized carbons (Fsp3) is 0.692. The molecule has 0 radical (unpaired) electrons. The Labute approximate surface area is 102 Å². The normalized spacial score (nSPS) is 29.0. The summed E-state index contributed by atoms with van der Waals surface area (Å²) in [7, 11) is 1.87. The van der Waals surface area contributed by atoms with Gasteiger partial charge in [0.1, 0.15) is 0 Å². The first-order chi connectivity index (χ1) is 8.06. The van der Waals surface area contributed by atoms with Crippen LogP contribution in [0, 0.1) is 5.41 Å². The van der Waals surface area contributed by atoms with Gasteiger partial charge in [-0.05, 0) is 25.3 Å². The van der Waals surface area contributed by atoms with Gasteiger partial charge in [0.15, 0.2) is 5.78 Å². The van der Waals surface area contributed by atoms with Gasteiger partial charge >= 0.3 is 0 Å². The van der Waals surface area contributed by atoms with E-state index in [-0.39, 0.29) is 17.4 Å². The number of rotatable bonds is 2. The molecule has 2 N–H and O–H groups in total. The van der Waals surface area contributed by atoms with E-state index < -0.39 is 0 Å². The summed E-state index contributed by atoms with van der Waals surface area (Å²) in [6, 6.07) is -0.0710. The first-order valence-corrected chi connectivity index (χ1v) is 6.25. The number of carbonyl (C=O) groups is 1. The molecular weight excluding hydrogens is 214 g/mol. The summed E-state index contributed by atoms with van der Waals surface area (Å²) < 4.78 is 0. The van der Waals surface area contributed by atoms with Gasteiger partial charge in [-0.1, -0.05) is 20.3 Å². The third-order valence-corrected chi connectivity index (χ3v) is 3.91. The Morgan fingerprint density at radius 2 is 2.29 bits per heavy atom. The van der Waals surface area contributed by atoms with Crippen molar-refractivity contribution < 1.29 is 4.79 Å². The van der Waals surface area contributed by atoms with E-state index in [2.05, 4.69) is 29.1 Å². The van der Waals surface area contributed by atoms with Crippen LogP contribution < -0.4 is 5.32 Å². The van der Waals surface area contributed by atoms with E-state index in [9.17, 15) is 4.79 Å². The molecule has 2 unspecified atom stereocenters. The quantitative estimate of drug-likeness (QED) is 0.769. The number of aromatic nitrogens is 2. The standard InChI is InChI=1S/C13H21N3O/c1-13(2)6-4-5-9(10-7-15-8-16-10)11(17)12(13)14-3/h7-9,12,14H,4-6H2,1-3H3,(H,15,16). The minimum atomic E-state index is -0.0710. The van der Waals surface area contributed by atoms with E-state index in [1.165, 1.54) is 0 Å². The van der Waals surface area contributed by atoms with Crippen LogP contribution in [0.5, 0.6) is 0 Å². The smallest absolute Gasteiger partial charge is 0.159 e. The maximum Gasteiger partial charge on any atom is 0.159 e. The summed E-state index contributed by atoms with van der Waals surface area (Å²) in [5.74, 6) is 0.260. The Balaban J connectivity index is 2.29. The number of carbonyl (C=O) groups excluding carboxylic acids is 1. The zero-order valence-corrected chi connectivity index (χ0v) is 10.8. The third kappa shape index (κ3) is 2.27. The summed E-state index contributed by atoms with van der Waals surface area (Å²) >= 11 is 0. The molecule has 0 amide bonds. The van der Waals surface area contributed by atoms with E-state index >= 15 is 0 Å². The Morgan fingerprint density at radius 1 is 1.53 bits per heavy atom. The number of H-pyrrole nitrogens is 1. The molecule has 4 heteroatoms. The molecule has 1 aromatic heterocycles. The fourth-order valence-corrected chi connectivity index (χ4v) is 2.93. The van der Waals surface area contributed by atoms with Crippen molar-refractivity contribution in [1.29, 1.82) is 0 Å². The number of nitrogens with zero attached hydrogens (tertiary/aromatic N) is 1. The van der Waals surface area contributed by atoms with Gasteiger partial charge in [-0.15, -0.1) is 0 Å². The number of hydrogen-bond acceptors (Lipinski definition) is 3. The lowest BCUT2D eigenvalue weighted by Crippen LogP contribution is -2.46. The molecule has 1 aliphatic rings. The Morgan fingerprint density at radius 3 is 2.88 bits per heavy atom. The van der Waals surface area contributed by atoms with Gasteiger partial charge in [-0.25, -0.2) is 4.98 Å². The number of nitrogens with one attached hydrogen (secondary N) is 2. The molecule has 0 aliphatic heterocycles. The molecule has 1 saturated carbocycles. The van der Waals surface area contributed by atoms with E-state index in [4.69, 9.17) is 0 Å². The maximum absolute atomic E-state index is 12.6. The van der Waals surface area contributed by atoms with Crippen LogP contribution in [0.4, 0.5) is 0 Å². The van der Waals surface area contributed by atoms with Crippen LogP contribution in [0.3, 0.4) is 0 Å². The molecule has 2 rings (SSSR count). The van der Waals surface area contributed by atoms with Crippen LogP contribution in [0.15, 0.2) is 12.5 Å². The number of aromatic amines is 1. The van der Waals surface area contributed by atoms with E-state index in [1.54, 1.807) is 12.5 Å². The van der Waals surface area contributed by atoms with Gasteiger partial charge in [0.05, 0.1) is 18.3 Å². The SMILES string of the molecule is CNC1C(=O)C(c2cnc[nH]2)CCCC1(C)C. The molecule has 0 spiro atoms. The maximum atomic E-state index is 12.6. The van der Waals surface area contributed by atoms with Gasteiger partial charge in [0, 0.05) is 11.9 Å². The number of Topliss-reactive ketones (excluding diaryl/α,β-unsaturated/α-hetero) is 1. The van der Waals surface area contributed by atoms with Gasteiger partial charge in [0.2, 0.25) is 0 Å². The molecule has 2 atom stereocenters. The lowest BCUT2D eigenvalue weighted by molar-refractivity contribution is -0.124. The highest BCUT2D eigenvalue weighted by atomic mass is 16.1. The molecule has 1 heterocycles. The van der Waals surface area contributed by atoms with Crippen molar-refractivity contribution in [3.8, 4) is 0 Å². The van der Waals surface area contributed by atoms with Crippen molar-refractivity contribution in [1.82, 2.24) is 15.3 Å². The average molecular weight is 235 g/mol. The number of likely N-dealkylation sites (N-methyl/N-ethyl adjacent to an activating group) is 1. The summed E-state index contributed by atoms with van der Waals surface area (Å²) in [6.07, 6.45) is 6.50. The summed E-state index contributed by atoms with van der Waals surface area (Å²) in [5, 5.41) is 3.19. The van der Waals surface area contributed by atoms with Crippen LogP contribution in [0.25, 0.3) is 0 Å². The highest BCUT2D eigenvalue weighted by molar-refractivity contribution is 5.91. The van der Waals surface area contributed by atoms with Crippen LogP contribution in [0.2, 0.25) is 0 Å². The van der Waals surface area contributed by atoms with Crippen molar-refractivity contribution in [3.63, 3.8) is 0 Å². The largest absolute Gasteiger partial charge is 0.348 e. The molecular formula is C13H21N3O. The van der Waals surface area contributed by atoms with Gasteiger partial charge in [0.25, 0.3) is 0 Å². The van der Waals surface area contributed by atoms with Gasteiger partial charge in [-0.2, -0.15) is 0 Å². The highest BCUT2D eigenvalue weighted by Crippen LogP contribution is 2.37. The number of ketones is 1. The molecule has 4 nitrogen and oxygen atoms in total. The number of imidazole rings is 1. The Hall–Kier alpha value is -1.16.